The third-order valence-electron chi connectivity index (χ3n) is 3.69. The van der Waals surface area contributed by atoms with Crippen molar-refractivity contribution in [1.29, 1.82) is 0 Å². The van der Waals surface area contributed by atoms with Crippen LogP contribution in [0.15, 0.2) is 30.3 Å². The van der Waals surface area contributed by atoms with Crippen LogP contribution in [0.4, 0.5) is 0 Å². The maximum atomic E-state index is 12.3. The van der Waals surface area contributed by atoms with Gasteiger partial charge in [-0.2, -0.15) is 11.8 Å². The van der Waals surface area contributed by atoms with Crippen molar-refractivity contribution in [1.82, 2.24) is 10.2 Å². The van der Waals surface area contributed by atoms with E-state index in [1.807, 2.05) is 22.7 Å². The zero-order valence-corrected chi connectivity index (χ0v) is 13.2. The van der Waals surface area contributed by atoms with E-state index in [9.17, 15) is 4.79 Å². The van der Waals surface area contributed by atoms with Crippen molar-refractivity contribution >= 4 is 17.7 Å². The third kappa shape index (κ3) is 4.25. The second-order valence-corrected chi connectivity index (χ2v) is 6.47. The summed E-state index contributed by atoms with van der Waals surface area (Å²) in [5.74, 6) is 1.94. The molecule has 3 nitrogen and oxygen atoms in total. The molecule has 0 bridgehead atoms. The summed E-state index contributed by atoms with van der Waals surface area (Å²) < 4.78 is 0. The lowest BCUT2D eigenvalue weighted by molar-refractivity contribution is -0.129. The van der Waals surface area contributed by atoms with Gasteiger partial charge in [0.2, 0.25) is 5.91 Å². The van der Waals surface area contributed by atoms with Crippen molar-refractivity contribution in [2.45, 2.75) is 25.8 Å². The Morgan fingerprint density at radius 1 is 1.40 bits per heavy atom. The Kier molecular flexibility index (Phi) is 5.92. The van der Waals surface area contributed by atoms with Crippen molar-refractivity contribution < 1.29 is 4.79 Å². The van der Waals surface area contributed by atoms with Crippen LogP contribution in [0.25, 0.3) is 0 Å². The Hall–Kier alpha value is -1.00. The molecule has 0 aliphatic carbocycles. The summed E-state index contributed by atoms with van der Waals surface area (Å²) in [6.07, 6.45) is 3.96. The van der Waals surface area contributed by atoms with Gasteiger partial charge >= 0.3 is 0 Å². The van der Waals surface area contributed by atoms with Gasteiger partial charge in [-0.05, 0) is 36.3 Å². The summed E-state index contributed by atoms with van der Waals surface area (Å²) in [6.45, 7) is 3.78. The predicted molar refractivity (Wildman–Crippen MR) is 85.8 cm³/mol. The lowest BCUT2D eigenvalue weighted by Crippen LogP contribution is -2.34. The largest absolute Gasteiger partial charge is 0.328 e. The SMILES string of the molecule is CSCC(C)CN1CNC(CCc2ccccc2)C1=O. The molecule has 1 amide bonds. The van der Waals surface area contributed by atoms with Crippen molar-refractivity contribution in [2.24, 2.45) is 5.92 Å². The van der Waals surface area contributed by atoms with E-state index >= 15 is 0 Å². The number of benzene rings is 1. The summed E-state index contributed by atoms with van der Waals surface area (Å²) in [4.78, 5) is 14.3. The number of amides is 1. The molecule has 20 heavy (non-hydrogen) atoms. The molecule has 1 saturated heterocycles. The molecule has 1 aromatic rings. The number of carbonyl (C=O) groups is 1. The average molecular weight is 292 g/mol. The smallest absolute Gasteiger partial charge is 0.240 e. The third-order valence-corrected chi connectivity index (χ3v) is 4.59. The molecule has 1 aliphatic rings. The van der Waals surface area contributed by atoms with E-state index in [1.165, 1.54) is 5.56 Å². The van der Waals surface area contributed by atoms with Crippen LogP contribution in [-0.2, 0) is 11.2 Å². The highest BCUT2D eigenvalue weighted by atomic mass is 32.2. The van der Waals surface area contributed by atoms with Crippen LogP contribution < -0.4 is 5.32 Å². The Morgan fingerprint density at radius 3 is 2.85 bits per heavy atom. The van der Waals surface area contributed by atoms with Gasteiger partial charge in [-0.25, -0.2) is 0 Å². The number of rotatable bonds is 7. The molecule has 2 rings (SSSR count). The summed E-state index contributed by atoms with van der Waals surface area (Å²) >= 11 is 1.84. The molecular weight excluding hydrogens is 268 g/mol. The van der Waals surface area contributed by atoms with Crippen LogP contribution in [0.1, 0.15) is 18.9 Å². The zero-order valence-electron chi connectivity index (χ0n) is 12.3. The molecule has 1 aliphatic heterocycles. The van der Waals surface area contributed by atoms with Gasteiger partial charge in [0.1, 0.15) is 0 Å². The van der Waals surface area contributed by atoms with E-state index in [2.05, 4.69) is 42.8 Å². The molecule has 1 fully saturated rings. The lowest BCUT2D eigenvalue weighted by Gasteiger charge is -2.19. The van der Waals surface area contributed by atoms with E-state index < -0.39 is 0 Å². The maximum Gasteiger partial charge on any atom is 0.240 e. The lowest BCUT2D eigenvalue weighted by atomic mass is 10.1. The Bertz CT molecular complexity index is 424. The molecule has 4 heteroatoms. The molecule has 2 unspecified atom stereocenters. The average Bonchev–Trinajstić information content (AvgIpc) is 2.79. The minimum absolute atomic E-state index is 0.00307. The van der Waals surface area contributed by atoms with Crippen LogP contribution >= 0.6 is 11.8 Å². The van der Waals surface area contributed by atoms with E-state index in [0.29, 0.717) is 12.6 Å². The Morgan fingerprint density at radius 2 is 2.15 bits per heavy atom. The van der Waals surface area contributed by atoms with E-state index in [1.54, 1.807) is 0 Å². The number of hydrogen-bond acceptors (Lipinski definition) is 3. The normalized spacial score (nSPS) is 20.4. The van der Waals surface area contributed by atoms with Crippen LogP contribution in [0.3, 0.4) is 0 Å². The molecule has 0 saturated carbocycles. The standard InChI is InChI=1S/C16H24N2OS/c1-13(11-20-2)10-18-12-17-15(16(18)19)9-8-14-6-4-3-5-7-14/h3-7,13,15,17H,8-12H2,1-2H3. The molecule has 1 aromatic carbocycles. The molecule has 0 radical (unpaired) electrons. The molecule has 110 valence electrons. The number of aryl methyl sites for hydroxylation is 1. The summed E-state index contributed by atoms with van der Waals surface area (Å²) in [5.41, 5.74) is 1.30. The van der Waals surface area contributed by atoms with Gasteiger partial charge < -0.3 is 4.90 Å². The Labute approximate surface area is 126 Å². The van der Waals surface area contributed by atoms with Gasteiger partial charge in [0, 0.05) is 6.54 Å². The fourth-order valence-corrected chi connectivity index (χ4v) is 3.33. The topological polar surface area (TPSA) is 32.3 Å². The van der Waals surface area contributed by atoms with Crippen molar-refractivity contribution in [3.8, 4) is 0 Å². The first-order valence-corrected chi connectivity index (χ1v) is 8.65. The van der Waals surface area contributed by atoms with Crippen molar-refractivity contribution in [3.05, 3.63) is 35.9 Å². The fraction of sp³-hybridized carbons (Fsp3) is 0.562. The highest BCUT2D eigenvalue weighted by Crippen LogP contribution is 2.14. The first kappa shape index (κ1) is 15.4. The van der Waals surface area contributed by atoms with Gasteiger partial charge in [0.25, 0.3) is 0 Å². The van der Waals surface area contributed by atoms with Gasteiger partial charge in [-0.1, -0.05) is 37.3 Å². The monoisotopic (exact) mass is 292 g/mol. The molecule has 2 atom stereocenters. The minimum atomic E-state index is -0.00307. The number of nitrogens with zero attached hydrogens (tertiary/aromatic N) is 1. The van der Waals surface area contributed by atoms with Gasteiger partial charge in [-0.3, -0.25) is 10.1 Å². The van der Waals surface area contributed by atoms with Crippen LogP contribution in [-0.4, -0.2) is 42.1 Å². The van der Waals surface area contributed by atoms with Crippen molar-refractivity contribution in [2.75, 3.05) is 25.2 Å². The van der Waals surface area contributed by atoms with Crippen LogP contribution in [0.5, 0.6) is 0 Å². The van der Waals surface area contributed by atoms with Crippen LogP contribution in [0.2, 0.25) is 0 Å². The van der Waals surface area contributed by atoms with E-state index in [0.717, 1.165) is 25.1 Å². The molecule has 0 spiro atoms. The molecule has 1 heterocycles. The first-order chi connectivity index (χ1) is 9.70. The minimum Gasteiger partial charge on any atom is -0.328 e. The number of hydrogen-bond donors (Lipinski definition) is 1. The highest BCUT2D eigenvalue weighted by Gasteiger charge is 2.31. The number of thioether (sulfide) groups is 1. The van der Waals surface area contributed by atoms with Gasteiger partial charge in [0.05, 0.1) is 12.7 Å². The first-order valence-electron chi connectivity index (χ1n) is 7.25. The van der Waals surface area contributed by atoms with Crippen molar-refractivity contribution in [3.63, 3.8) is 0 Å². The number of nitrogens with one attached hydrogen (secondary N) is 1. The Balaban J connectivity index is 1.79. The van der Waals surface area contributed by atoms with Gasteiger partial charge in [-0.15, -0.1) is 0 Å². The fourth-order valence-electron chi connectivity index (χ4n) is 2.66. The number of carbonyl (C=O) groups excluding carboxylic acids is 1. The summed E-state index contributed by atoms with van der Waals surface area (Å²) in [5, 5.41) is 3.34. The molecule has 1 N–H and O–H groups in total. The second kappa shape index (κ2) is 7.70. The second-order valence-electron chi connectivity index (χ2n) is 5.56. The predicted octanol–water partition coefficient (Wildman–Crippen LogP) is 2.38. The maximum absolute atomic E-state index is 12.3. The van der Waals surface area contributed by atoms with Crippen LogP contribution in [0, 0.1) is 5.92 Å². The molecule has 0 aromatic heterocycles. The highest BCUT2D eigenvalue weighted by molar-refractivity contribution is 7.98. The summed E-state index contributed by atoms with van der Waals surface area (Å²) in [6, 6.07) is 10.4. The van der Waals surface area contributed by atoms with E-state index in [-0.39, 0.29) is 11.9 Å². The quantitative estimate of drug-likeness (QED) is 0.837. The molecular formula is C16H24N2OS. The van der Waals surface area contributed by atoms with Gasteiger partial charge in [0.15, 0.2) is 0 Å². The zero-order chi connectivity index (χ0) is 14.4. The summed E-state index contributed by atoms with van der Waals surface area (Å²) in [7, 11) is 0. The van der Waals surface area contributed by atoms with E-state index in [4.69, 9.17) is 0 Å².